The van der Waals surface area contributed by atoms with Crippen LogP contribution in [0.2, 0.25) is 6.04 Å². The van der Waals surface area contributed by atoms with Crippen molar-refractivity contribution in [3.8, 4) is 0 Å². The van der Waals surface area contributed by atoms with E-state index in [2.05, 4.69) is 0 Å². The summed E-state index contributed by atoms with van der Waals surface area (Å²) in [5, 5.41) is 0. The fraction of sp³-hybridized carbons (Fsp3) is 1.00. The Morgan fingerprint density at radius 3 is 1.23 bits per heavy atom. The van der Waals surface area contributed by atoms with Gasteiger partial charge in [-0.2, -0.15) is 0 Å². The van der Waals surface area contributed by atoms with Gasteiger partial charge in [0.2, 0.25) is 0 Å². The third kappa shape index (κ3) is 18.6. The minimum atomic E-state index is -2.52. The Kier molecular flexibility index (Phi) is 23.4. The number of rotatable bonds is 25. The van der Waals surface area contributed by atoms with Gasteiger partial charge in [0.25, 0.3) is 0 Å². The van der Waals surface area contributed by atoms with E-state index in [9.17, 15) is 0 Å². The number of hydrogen-bond donors (Lipinski definition) is 1. The second-order valence-corrected chi connectivity index (χ2v) is 9.02. The molecule has 10 heteroatoms. The lowest BCUT2D eigenvalue weighted by Gasteiger charge is -2.28. The normalized spacial score (nSPS) is 12.0. The Labute approximate surface area is 184 Å². The highest BCUT2D eigenvalue weighted by Gasteiger charge is 2.39. The summed E-state index contributed by atoms with van der Waals surface area (Å²) in [6.07, 6.45) is 1.91. The molecule has 182 valence electrons. The second kappa shape index (κ2) is 23.5. The molecule has 0 aliphatic carbocycles. The molecule has 0 amide bonds. The van der Waals surface area contributed by atoms with Gasteiger partial charge in [0, 0.05) is 39.0 Å². The average Bonchev–Trinajstić information content (AvgIpc) is 2.73. The summed E-state index contributed by atoms with van der Waals surface area (Å²) in [7, 11) is -2.52. The van der Waals surface area contributed by atoms with Crippen molar-refractivity contribution in [3.63, 3.8) is 0 Å². The fourth-order valence-corrected chi connectivity index (χ4v) is 5.30. The molecule has 0 fully saturated rings. The second-order valence-electron chi connectivity index (χ2n) is 6.29. The molecule has 0 bridgehead atoms. The van der Waals surface area contributed by atoms with Gasteiger partial charge in [0.05, 0.1) is 59.5 Å². The summed E-state index contributed by atoms with van der Waals surface area (Å²) in [4.78, 5) is 0. The summed E-state index contributed by atoms with van der Waals surface area (Å²) in [6.45, 7) is 14.0. The third-order valence-electron chi connectivity index (χ3n) is 3.86. The lowest BCUT2D eigenvalue weighted by molar-refractivity contribution is -0.0107. The van der Waals surface area contributed by atoms with Crippen LogP contribution in [0.25, 0.3) is 0 Å². The molecule has 0 rings (SSSR count). The van der Waals surface area contributed by atoms with Crippen molar-refractivity contribution < 1.29 is 37.0 Å². The highest BCUT2D eigenvalue weighted by molar-refractivity contribution is 6.60. The van der Waals surface area contributed by atoms with E-state index in [-0.39, 0.29) is 0 Å². The molecule has 0 aliphatic heterocycles. The first-order chi connectivity index (χ1) is 14.7. The van der Waals surface area contributed by atoms with Crippen molar-refractivity contribution in [2.75, 3.05) is 92.4 Å². The molecule has 9 nitrogen and oxygen atoms in total. The van der Waals surface area contributed by atoms with Gasteiger partial charge in [-0.25, -0.2) is 0 Å². The quantitative estimate of drug-likeness (QED) is 0.163. The molecule has 0 unspecified atom stereocenters. The molecule has 30 heavy (non-hydrogen) atoms. The lowest BCUT2D eigenvalue weighted by atomic mass is 10.4. The van der Waals surface area contributed by atoms with Gasteiger partial charge in [0.15, 0.2) is 0 Å². The Bertz CT molecular complexity index is 325. The molecular formula is C20H45NO8Si. The summed E-state index contributed by atoms with van der Waals surface area (Å²) >= 11 is 0. The van der Waals surface area contributed by atoms with Crippen LogP contribution in [0.4, 0.5) is 0 Å². The zero-order valence-corrected chi connectivity index (χ0v) is 20.4. The van der Waals surface area contributed by atoms with Crippen molar-refractivity contribution in [1.29, 1.82) is 0 Å². The minimum absolute atomic E-state index is 0.535. The molecule has 2 N–H and O–H groups in total. The van der Waals surface area contributed by atoms with Crippen LogP contribution in [-0.2, 0) is 37.0 Å². The van der Waals surface area contributed by atoms with E-state index in [4.69, 9.17) is 42.7 Å². The summed E-state index contributed by atoms with van der Waals surface area (Å²) < 4.78 is 44.6. The van der Waals surface area contributed by atoms with Crippen molar-refractivity contribution in [1.82, 2.24) is 0 Å². The molecule has 0 aromatic heterocycles. The van der Waals surface area contributed by atoms with Crippen LogP contribution >= 0.6 is 0 Å². The Morgan fingerprint density at radius 1 is 0.500 bits per heavy atom. The number of unbranched alkanes of at least 4 members (excludes halogenated alkanes) is 1. The largest absolute Gasteiger partial charge is 0.500 e. The van der Waals surface area contributed by atoms with E-state index in [1.807, 2.05) is 20.8 Å². The van der Waals surface area contributed by atoms with E-state index in [0.29, 0.717) is 92.4 Å². The molecule has 0 radical (unpaired) electrons. The van der Waals surface area contributed by atoms with Crippen LogP contribution < -0.4 is 5.73 Å². The fourth-order valence-electron chi connectivity index (χ4n) is 2.61. The Balaban J connectivity index is 3.41. The van der Waals surface area contributed by atoms with E-state index in [1.54, 1.807) is 0 Å². The zero-order valence-electron chi connectivity index (χ0n) is 19.4. The maximum Gasteiger partial charge on any atom is 0.500 e. The molecule has 0 aromatic carbocycles. The Hall–Kier alpha value is -0.143. The number of hydrogen-bond acceptors (Lipinski definition) is 9. The van der Waals surface area contributed by atoms with Crippen molar-refractivity contribution in [2.45, 2.75) is 39.7 Å². The molecular weight excluding hydrogens is 410 g/mol. The van der Waals surface area contributed by atoms with Gasteiger partial charge >= 0.3 is 8.80 Å². The van der Waals surface area contributed by atoms with Gasteiger partial charge in [0.1, 0.15) is 0 Å². The van der Waals surface area contributed by atoms with Crippen molar-refractivity contribution in [3.05, 3.63) is 0 Å². The van der Waals surface area contributed by atoms with Crippen LogP contribution in [0.15, 0.2) is 0 Å². The SMILES string of the molecule is CCO[Si](CCCCOCCOCCOCCOCCOCCN)(OCC)OCC. The highest BCUT2D eigenvalue weighted by Crippen LogP contribution is 2.19. The first-order valence-corrected chi connectivity index (χ1v) is 13.2. The lowest BCUT2D eigenvalue weighted by Crippen LogP contribution is -2.45. The molecule has 0 saturated carbocycles. The number of nitrogens with two attached hydrogens (primary N) is 1. The van der Waals surface area contributed by atoms with Crippen LogP contribution in [0.1, 0.15) is 33.6 Å². The molecule has 0 spiro atoms. The van der Waals surface area contributed by atoms with Crippen molar-refractivity contribution >= 4 is 8.80 Å². The summed E-state index contributed by atoms with van der Waals surface area (Å²) in [6, 6.07) is 0.824. The van der Waals surface area contributed by atoms with Crippen LogP contribution in [0, 0.1) is 0 Å². The maximum absolute atomic E-state index is 5.85. The molecule has 0 aromatic rings. The maximum atomic E-state index is 5.85. The molecule has 0 atom stereocenters. The average molecular weight is 456 g/mol. The molecule has 0 aliphatic rings. The van der Waals surface area contributed by atoms with Crippen molar-refractivity contribution in [2.24, 2.45) is 5.73 Å². The van der Waals surface area contributed by atoms with Gasteiger partial charge in [-0.05, 0) is 33.6 Å². The summed E-state index contributed by atoms with van der Waals surface area (Å²) in [5.41, 5.74) is 5.32. The molecule has 0 heterocycles. The van der Waals surface area contributed by atoms with E-state index in [0.717, 1.165) is 18.9 Å². The van der Waals surface area contributed by atoms with Crippen LogP contribution in [0.3, 0.4) is 0 Å². The predicted molar refractivity (Wildman–Crippen MR) is 118 cm³/mol. The van der Waals surface area contributed by atoms with Crippen LogP contribution in [-0.4, -0.2) is 101 Å². The molecule has 0 saturated heterocycles. The van der Waals surface area contributed by atoms with E-state index in [1.165, 1.54) is 0 Å². The van der Waals surface area contributed by atoms with Gasteiger partial charge in [-0.15, -0.1) is 0 Å². The van der Waals surface area contributed by atoms with Crippen LogP contribution in [0.5, 0.6) is 0 Å². The first kappa shape index (κ1) is 29.9. The first-order valence-electron chi connectivity index (χ1n) is 11.2. The standard InChI is InChI=1S/C20H45NO8Si/c1-4-27-30(28-5-2,29-6-3)20-8-7-10-22-12-14-24-16-18-26-19-17-25-15-13-23-11-9-21/h4-21H2,1-3H3. The topological polar surface area (TPSA) is 99.9 Å². The third-order valence-corrected chi connectivity index (χ3v) is 7.02. The Morgan fingerprint density at radius 2 is 0.867 bits per heavy atom. The summed E-state index contributed by atoms with van der Waals surface area (Å²) in [5.74, 6) is 0. The van der Waals surface area contributed by atoms with Gasteiger partial charge in [-0.3, -0.25) is 0 Å². The van der Waals surface area contributed by atoms with E-state index < -0.39 is 8.80 Å². The monoisotopic (exact) mass is 455 g/mol. The predicted octanol–water partition coefficient (Wildman–Crippen LogP) is 1.86. The smallest absolute Gasteiger partial charge is 0.379 e. The minimum Gasteiger partial charge on any atom is -0.379 e. The highest BCUT2D eigenvalue weighted by atomic mass is 28.4. The zero-order chi connectivity index (χ0) is 22.2. The van der Waals surface area contributed by atoms with E-state index >= 15 is 0 Å². The van der Waals surface area contributed by atoms with Gasteiger partial charge < -0.3 is 42.7 Å². The number of ether oxygens (including phenoxy) is 5. The van der Waals surface area contributed by atoms with Gasteiger partial charge in [-0.1, -0.05) is 0 Å².